The second-order valence-electron chi connectivity index (χ2n) is 8.63. The van der Waals surface area contributed by atoms with Crippen LogP contribution in [0.15, 0.2) is 24.5 Å². The van der Waals surface area contributed by atoms with Crippen molar-refractivity contribution in [2.24, 2.45) is 18.9 Å². The highest BCUT2D eigenvalue weighted by Gasteiger charge is 2.72. The number of benzene rings is 1. The monoisotopic (exact) mass is 485 g/mol. The number of ether oxygens (including phenoxy) is 1. The Bertz CT molecular complexity index is 1110. The number of aryl methyl sites for hydroxylation is 1. The number of rotatable bonds is 6. The van der Waals surface area contributed by atoms with Gasteiger partial charge in [0.05, 0.1) is 23.7 Å². The van der Waals surface area contributed by atoms with Gasteiger partial charge >= 0.3 is 11.9 Å². The molecule has 2 saturated carbocycles. The Kier molecular flexibility index (Phi) is 5.94. The molecule has 2 N–H and O–H groups in total. The van der Waals surface area contributed by atoms with E-state index < -0.39 is 35.1 Å². The van der Waals surface area contributed by atoms with Crippen molar-refractivity contribution in [3.8, 4) is 0 Å². The number of nitrogens with one attached hydrogen (secondary N) is 1. The highest BCUT2D eigenvalue weighted by atomic mass is 35.5. The Hall–Kier alpha value is -2.59. The molecule has 4 atom stereocenters. The molecule has 0 radical (unpaired) electrons. The van der Waals surface area contributed by atoms with Crippen molar-refractivity contribution in [3.05, 3.63) is 46.8 Å². The van der Waals surface area contributed by atoms with Crippen molar-refractivity contribution in [1.29, 1.82) is 0 Å². The van der Waals surface area contributed by atoms with E-state index in [2.05, 4.69) is 15.0 Å². The standard InChI is InChI=1S/C22H23ClF3N3O4/c1-3-33-20(31)22(25,26)21(32)9-12-6-11(7-14(12)21)17-18(29(2)10-27-17)19(30)28-13-4-5-16(24)15(23)8-13/h4-5,8,10-12,14,32H,3,6-7,9H2,1-2H3,(H,28,30). The maximum Gasteiger partial charge on any atom is 0.380 e. The first-order chi connectivity index (χ1) is 15.5. The summed E-state index contributed by atoms with van der Waals surface area (Å²) in [6.07, 6.45) is 1.81. The number of halogens is 4. The highest BCUT2D eigenvalue weighted by Crippen LogP contribution is 2.62. The predicted molar refractivity (Wildman–Crippen MR) is 113 cm³/mol. The van der Waals surface area contributed by atoms with Gasteiger partial charge in [-0.3, -0.25) is 4.79 Å². The molecule has 0 spiro atoms. The van der Waals surface area contributed by atoms with Crippen LogP contribution < -0.4 is 5.32 Å². The third kappa shape index (κ3) is 3.78. The van der Waals surface area contributed by atoms with Crippen LogP contribution in [0.25, 0.3) is 0 Å². The summed E-state index contributed by atoms with van der Waals surface area (Å²) in [4.78, 5) is 29.1. The van der Waals surface area contributed by atoms with Crippen LogP contribution in [0.3, 0.4) is 0 Å². The Morgan fingerprint density at radius 1 is 1.39 bits per heavy atom. The van der Waals surface area contributed by atoms with E-state index in [1.54, 1.807) is 7.05 Å². The number of aromatic nitrogens is 2. The van der Waals surface area contributed by atoms with Crippen molar-refractivity contribution in [3.63, 3.8) is 0 Å². The lowest BCUT2D eigenvalue weighted by Crippen LogP contribution is -2.66. The molecule has 0 bridgehead atoms. The third-order valence-corrected chi connectivity index (χ3v) is 6.99. The maximum atomic E-state index is 14.7. The summed E-state index contributed by atoms with van der Waals surface area (Å²) >= 11 is 5.77. The summed E-state index contributed by atoms with van der Waals surface area (Å²) in [5.74, 6) is -8.30. The third-order valence-electron chi connectivity index (χ3n) is 6.70. The van der Waals surface area contributed by atoms with Crippen LogP contribution in [-0.4, -0.2) is 44.7 Å². The number of anilines is 1. The number of carbonyl (C=O) groups excluding carboxylic acids is 2. The summed E-state index contributed by atoms with van der Waals surface area (Å²) in [6, 6.07) is 3.77. The molecule has 1 heterocycles. The van der Waals surface area contributed by atoms with Crippen LogP contribution >= 0.6 is 11.6 Å². The van der Waals surface area contributed by atoms with Crippen molar-refractivity contribution in [2.75, 3.05) is 11.9 Å². The normalized spacial score (nSPS) is 26.5. The van der Waals surface area contributed by atoms with E-state index in [1.807, 2.05) is 0 Å². The van der Waals surface area contributed by atoms with Crippen molar-refractivity contribution in [2.45, 2.75) is 43.6 Å². The van der Waals surface area contributed by atoms with Crippen LogP contribution in [0, 0.1) is 17.7 Å². The van der Waals surface area contributed by atoms with Gasteiger partial charge in [-0.25, -0.2) is 14.2 Å². The molecular weight excluding hydrogens is 463 g/mol. The quantitative estimate of drug-likeness (QED) is 0.605. The number of hydrogen-bond donors (Lipinski definition) is 2. The number of nitrogens with zero attached hydrogens (tertiary/aromatic N) is 2. The molecule has 1 aromatic heterocycles. The number of carbonyl (C=O) groups is 2. The summed E-state index contributed by atoms with van der Waals surface area (Å²) < 4.78 is 48.7. The smallest absolute Gasteiger partial charge is 0.380 e. The van der Waals surface area contributed by atoms with Crippen LogP contribution in [-0.2, 0) is 16.6 Å². The van der Waals surface area contributed by atoms with Crippen molar-refractivity contribution < 1.29 is 32.6 Å². The molecule has 2 aliphatic rings. The average molecular weight is 486 g/mol. The van der Waals surface area contributed by atoms with E-state index >= 15 is 0 Å². The first-order valence-corrected chi connectivity index (χ1v) is 10.9. The fraction of sp³-hybridized carbons (Fsp3) is 0.500. The molecule has 2 aromatic rings. The summed E-state index contributed by atoms with van der Waals surface area (Å²) in [6.45, 7) is 1.20. The second-order valence-corrected chi connectivity index (χ2v) is 9.04. The Labute approximate surface area is 192 Å². The minimum Gasteiger partial charge on any atom is -0.461 e. The second kappa shape index (κ2) is 8.32. The molecule has 11 heteroatoms. The molecule has 0 saturated heterocycles. The van der Waals surface area contributed by atoms with Gasteiger partial charge in [-0.1, -0.05) is 11.6 Å². The predicted octanol–water partition coefficient (Wildman–Crippen LogP) is 3.91. The number of imidazole rings is 1. The van der Waals surface area contributed by atoms with Crippen LogP contribution in [0.4, 0.5) is 18.9 Å². The minimum absolute atomic E-state index is 0.146. The van der Waals surface area contributed by atoms with Gasteiger partial charge in [-0.05, 0) is 56.2 Å². The molecule has 7 nitrogen and oxygen atoms in total. The molecule has 1 aromatic carbocycles. The molecule has 1 amide bonds. The number of hydrogen-bond acceptors (Lipinski definition) is 5. The van der Waals surface area contributed by atoms with Crippen LogP contribution in [0.1, 0.15) is 48.3 Å². The SMILES string of the molecule is CCOC(=O)C(F)(F)C1(O)CC2CC(c3ncn(C)c3C(=O)Nc3ccc(F)c(Cl)c3)CC21. The minimum atomic E-state index is -4.02. The summed E-state index contributed by atoms with van der Waals surface area (Å²) in [5, 5.41) is 13.2. The van der Waals surface area contributed by atoms with Crippen molar-refractivity contribution in [1.82, 2.24) is 9.55 Å². The molecular formula is C22H23ClF3N3O4. The maximum absolute atomic E-state index is 14.7. The Morgan fingerprint density at radius 2 is 2.12 bits per heavy atom. The van der Waals surface area contributed by atoms with Gasteiger partial charge in [0.25, 0.3) is 5.91 Å². The lowest BCUT2D eigenvalue weighted by atomic mass is 9.60. The van der Waals surface area contributed by atoms with Gasteiger partial charge in [0.2, 0.25) is 0 Å². The van der Waals surface area contributed by atoms with Gasteiger partial charge in [0.1, 0.15) is 17.1 Å². The van der Waals surface area contributed by atoms with Crippen LogP contribution in [0.2, 0.25) is 5.02 Å². The lowest BCUT2D eigenvalue weighted by molar-refractivity contribution is -0.266. The van der Waals surface area contributed by atoms with Gasteiger partial charge in [-0.15, -0.1) is 0 Å². The number of aliphatic hydroxyl groups is 1. The summed E-state index contributed by atoms with van der Waals surface area (Å²) in [7, 11) is 1.62. The molecule has 2 aliphatic carbocycles. The van der Waals surface area contributed by atoms with Gasteiger partial charge in [0.15, 0.2) is 0 Å². The summed E-state index contributed by atoms with van der Waals surface area (Å²) in [5.41, 5.74) is -1.56. The molecule has 2 fully saturated rings. The lowest BCUT2D eigenvalue weighted by Gasteiger charge is -2.51. The molecule has 0 aliphatic heterocycles. The zero-order chi connectivity index (χ0) is 24.1. The number of amides is 1. The largest absolute Gasteiger partial charge is 0.461 e. The zero-order valence-electron chi connectivity index (χ0n) is 17.9. The fourth-order valence-corrected chi connectivity index (χ4v) is 5.28. The number of alkyl halides is 2. The Morgan fingerprint density at radius 3 is 2.79 bits per heavy atom. The van der Waals surface area contributed by atoms with Crippen LogP contribution in [0.5, 0.6) is 0 Å². The highest BCUT2D eigenvalue weighted by molar-refractivity contribution is 6.31. The van der Waals surface area contributed by atoms with Gasteiger partial charge in [-0.2, -0.15) is 8.78 Å². The number of fused-ring (bicyclic) bond motifs is 1. The molecule has 33 heavy (non-hydrogen) atoms. The molecule has 4 rings (SSSR count). The van der Waals surface area contributed by atoms with E-state index in [0.29, 0.717) is 12.1 Å². The molecule has 4 unspecified atom stereocenters. The van der Waals surface area contributed by atoms with E-state index in [9.17, 15) is 27.9 Å². The van der Waals surface area contributed by atoms with Gasteiger partial charge in [0, 0.05) is 18.7 Å². The van der Waals surface area contributed by atoms with Crippen molar-refractivity contribution >= 4 is 29.2 Å². The van der Waals surface area contributed by atoms with E-state index in [0.717, 1.165) is 6.07 Å². The first kappa shape index (κ1) is 23.6. The molecule has 178 valence electrons. The van der Waals surface area contributed by atoms with E-state index in [1.165, 1.54) is 30.0 Å². The number of esters is 1. The first-order valence-electron chi connectivity index (χ1n) is 10.5. The average Bonchev–Trinajstić information content (AvgIpc) is 3.30. The van der Waals surface area contributed by atoms with E-state index in [4.69, 9.17) is 11.6 Å². The zero-order valence-corrected chi connectivity index (χ0v) is 18.7. The topological polar surface area (TPSA) is 93.4 Å². The Balaban J connectivity index is 1.53. The van der Waals surface area contributed by atoms with E-state index in [-0.39, 0.29) is 47.7 Å². The van der Waals surface area contributed by atoms with Gasteiger partial charge < -0.3 is 19.7 Å². The fourth-order valence-electron chi connectivity index (χ4n) is 5.10.